The van der Waals surface area contributed by atoms with Crippen molar-refractivity contribution >= 4 is 15.9 Å². The van der Waals surface area contributed by atoms with Crippen LogP contribution in [0.15, 0.2) is 22.7 Å². The van der Waals surface area contributed by atoms with Crippen LogP contribution in [0.3, 0.4) is 0 Å². The summed E-state index contributed by atoms with van der Waals surface area (Å²) in [4.78, 5) is 0. The molecule has 2 nitrogen and oxygen atoms in total. The lowest BCUT2D eigenvalue weighted by Gasteiger charge is -2.15. The lowest BCUT2D eigenvalue weighted by Crippen LogP contribution is -2.27. The predicted molar refractivity (Wildman–Crippen MR) is 65.3 cm³/mol. The van der Waals surface area contributed by atoms with Crippen molar-refractivity contribution in [1.29, 1.82) is 0 Å². The van der Waals surface area contributed by atoms with Crippen LogP contribution in [-0.4, -0.2) is 12.2 Å². The van der Waals surface area contributed by atoms with Gasteiger partial charge in [0.05, 0.1) is 0 Å². The van der Waals surface area contributed by atoms with E-state index in [1.807, 2.05) is 0 Å². The molecule has 17 heavy (non-hydrogen) atoms. The summed E-state index contributed by atoms with van der Waals surface area (Å²) in [6, 6.07) is 5.05. The van der Waals surface area contributed by atoms with Crippen molar-refractivity contribution in [3.05, 3.63) is 28.2 Å². The molecule has 1 aromatic rings. The molecule has 0 aliphatic heterocycles. The van der Waals surface area contributed by atoms with Gasteiger partial charge in [-0.05, 0) is 38.0 Å². The molecule has 5 heteroatoms. The molecule has 2 rings (SSSR count). The van der Waals surface area contributed by atoms with Crippen molar-refractivity contribution in [2.45, 2.75) is 38.5 Å². The van der Waals surface area contributed by atoms with E-state index in [1.54, 1.807) is 18.2 Å². The molecule has 94 valence electrons. The van der Waals surface area contributed by atoms with Crippen molar-refractivity contribution in [3.8, 4) is 5.75 Å². The van der Waals surface area contributed by atoms with Gasteiger partial charge >= 0.3 is 6.61 Å². The minimum Gasteiger partial charge on any atom is -0.434 e. The Bertz CT molecular complexity index is 407. The first-order valence-electron chi connectivity index (χ1n) is 5.47. The number of hydrogen-bond acceptors (Lipinski definition) is 2. The zero-order valence-corrected chi connectivity index (χ0v) is 11.1. The van der Waals surface area contributed by atoms with E-state index in [9.17, 15) is 8.78 Å². The molecule has 0 saturated heterocycles. The minimum atomic E-state index is -2.79. The first-order chi connectivity index (χ1) is 7.98. The van der Waals surface area contributed by atoms with E-state index in [2.05, 4.69) is 32.9 Å². The van der Waals surface area contributed by atoms with E-state index in [0.29, 0.717) is 6.54 Å². The number of benzene rings is 1. The number of nitrogens with one attached hydrogen (secondary N) is 1. The number of rotatable bonds is 5. The fourth-order valence-electron chi connectivity index (χ4n) is 1.57. The van der Waals surface area contributed by atoms with Gasteiger partial charge in [0, 0.05) is 22.1 Å². The Hall–Kier alpha value is -0.680. The summed E-state index contributed by atoms with van der Waals surface area (Å²) in [7, 11) is 0. The quantitative estimate of drug-likeness (QED) is 0.896. The van der Waals surface area contributed by atoms with Gasteiger partial charge in [0.15, 0.2) is 0 Å². The van der Waals surface area contributed by atoms with Crippen molar-refractivity contribution in [1.82, 2.24) is 5.32 Å². The second-order valence-electron chi connectivity index (χ2n) is 4.54. The highest BCUT2D eigenvalue weighted by molar-refractivity contribution is 9.10. The molecular weight excluding hydrogens is 292 g/mol. The topological polar surface area (TPSA) is 21.3 Å². The van der Waals surface area contributed by atoms with Crippen LogP contribution in [0.2, 0.25) is 0 Å². The zero-order chi connectivity index (χ0) is 12.5. The third kappa shape index (κ3) is 3.64. The Morgan fingerprint density at radius 2 is 2.18 bits per heavy atom. The molecule has 1 saturated carbocycles. The highest BCUT2D eigenvalue weighted by Gasteiger charge is 2.36. The lowest BCUT2D eigenvalue weighted by atomic mass is 10.2. The van der Waals surface area contributed by atoms with Crippen LogP contribution in [0.4, 0.5) is 8.78 Å². The Labute approximate surface area is 107 Å². The van der Waals surface area contributed by atoms with E-state index < -0.39 is 6.61 Å². The van der Waals surface area contributed by atoms with Gasteiger partial charge in [0.1, 0.15) is 5.75 Å². The maximum absolute atomic E-state index is 12.2. The Morgan fingerprint density at radius 1 is 1.47 bits per heavy atom. The Balaban J connectivity index is 2.08. The fraction of sp³-hybridized carbons (Fsp3) is 0.500. The summed E-state index contributed by atoms with van der Waals surface area (Å²) in [5.41, 5.74) is 0.914. The number of hydrogen-bond donors (Lipinski definition) is 1. The molecule has 1 N–H and O–H groups in total. The molecule has 0 unspecified atom stereocenters. The van der Waals surface area contributed by atoms with Crippen LogP contribution in [0.5, 0.6) is 5.75 Å². The Morgan fingerprint density at radius 3 is 2.76 bits per heavy atom. The van der Waals surface area contributed by atoms with Crippen LogP contribution in [0.25, 0.3) is 0 Å². The maximum atomic E-state index is 12.2. The minimum absolute atomic E-state index is 0.171. The zero-order valence-electron chi connectivity index (χ0n) is 9.47. The van der Waals surface area contributed by atoms with E-state index >= 15 is 0 Å². The van der Waals surface area contributed by atoms with E-state index in [1.165, 1.54) is 0 Å². The molecule has 1 aromatic carbocycles. The van der Waals surface area contributed by atoms with Gasteiger partial charge in [0.2, 0.25) is 0 Å². The largest absolute Gasteiger partial charge is 0.434 e. The van der Waals surface area contributed by atoms with Gasteiger partial charge in [-0.15, -0.1) is 0 Å². The monoisotopic (exact) mass is 305 g/mol. The molecular formula is C12H14BrF2NO. The molecule has 0 aromatic heterocycles. The molecule has 0 radical (unpaired) electrons. The molecule has 0 atom stereocenters. The highest BCUT2D eigenvalue weighted by atomic mass is 79.9. The number of ether oxygens (including phenoxy) is 1. The number of halogens is 3. The SMILES string of the molecule is CC1(NCc2cc(Br)ccc2OC(F)F)CC1. The van der Waals surface area contributed by atoms with Crippen molar-refractivity contribution in [2.24, 2.45) is 0 Å². The molecule has 0 spiro atoms. The third-order valence-corrected chi connectivity index (χ3v) is 3.44. The smallest absolute Gasteiger partial charge is 0.387 e. The predicted octanol–water partition coefficient (Wildman–Crippen LogP) is 3.69. The molecule has 1 aliphatic carbocycles. The first-order valence-corrected chi connectivity index (χ1v) is 6.26. The van der Waals surface area contributed by atoms with Crippen LogP contribution >= 0.6 is 15.9 Å². The van der Waals surface area contributed by atoms with Gasteiger partial charge in [-0.2, -0.15) is 8.78 Å². The molecule has 0 amide bonds. The average Bonchev–Trinajstić information content (AvgIpc) is 2.97. The van der Waals surface area contributed by atoms with Crippen molar-refractivity contribution < 1.29 is 13.5 Å². The summed E-state index contributed by atoms with van der Waals surface area (Å²) >= 11 is 3.33. The highest BCUT2D eigenvalue weighted by Crippen LogP contribution is 2.35. The summed E-state index contributed by atoms with van der Waals surface area (Å²) in [6.45, 7) is -0.122. The summed E-state index contributed by atoms with van der Waals surface area (Å²) in [5, 5.41) is 3.34. The molecule has 0 bridgehead atoms. The van der Waals surface area contributed by atoms with Crippen LogP contribution < -0.4 is 10.1 Å². The van der Waals surface area contributed by atoms with Gasteiger partial charge in [-0.1, -0.05) is 15.9 Å². The van der Waals surface area contributed by atoms with Gasteiger partial charge in [-0.25, -0.2) is 0 Å². The number of alkyl halides is 2. The van der Waals surface area contributed by atoms with Crippen molar-refractivity contribution in [3.63, 3.8) is 0 Å². The standard InChI is InChI=1S/C12H14BrF2NO/c1-12(4-5-12)16-7-8-6-9(13)2-3-10(8)17-11(14)15/h2-3,6,11,16H,4-5,7H2,1H3. The van der Waals surface area contributed by atoms with E-state index in [0.717, 1.165) is 22.9 Å². The Kier molecular flexibility index (Phi) is 3.68. The second kappa shape index (κ2) is 4.90. The van der Waals surface area contributed by atoms with E-state index in [-0.39, 0.29) is 11.3 Å². The molecule has 1 aliphatic rings. The van der Waals surface area contributed by atoms with Gasteiger partial charge in [-0.3, -0.25) is 0 Å². The van der Waals surface area contributed by atoms with Crippen molar-refractivity contribution in [2.75, 3.05) is 0 Å². The summed E-state index contributed by atoms with van der Waals surface area (Å²) in [5.74, 6) is 0.236. The fourth-order valence-corrected chi connectivity index (χ4v) is 1.98. The summed E-state index contributed by atoms with van der Waals surface area (Å²) < 4.78 is 29.8. The summed E-state index contributed by atoms with van der Waals surface area (Å²) in [6.07, 6.45) is 2.26. The third-order valence-electron chi connectivity index (χ3n) is 2.94. The van der Waals surface area contributed by atoms with Crippen LogP contribution in [0, 0.1) is 0 Å². The van der Waals surface area contributed by atoms with Gasteiger partial charge < -0.3 is 10.1 Å². The van der Waals surface area contributed by atoms with E-state index in [4.69, 9.17) is 0 Å². The molecule has 1 fully saturated rings. The average molecular weight is 306 g/mol. The van der Waals surface area contributed by atoms with Gasteiger partial charge in [0.25, 0.3) is 0 Å². The first kappa shape index (κ1) is 12.8. The second-order valence-corrected chi connectivity index (χ2v) is 5.46. The van der Waals surface area contributed by atoms with Crippen LogP contribution in [-0.2, 0) is 6.54 Å². The van der Waals surface area contributed by atoms with Crippen LogP contribution in [0.1, 0.15) is 25.3 Å². The molecule has 0 heterocycles. The lowest BCUT2D eigenvalue weighted by molar-refractivity contribution is -0.0505. The maximum Gasteiger partial charge on any atom is 0.387 e. The normalized spacial score (nSPS) is 17.2.